The van der Waals surface area contributed by atoms with Gasteiger partial charge in [0.05, 0.1) is 7.11 Å². The molecule has 0 heterocycles. The smallest absolute Gasteiger partial charge is 0.328 e. The summed E-state index contributed by atoms with van der Waals surface area (Å²) in [5.41, 5.74) is 4.61. The third kappa shape index (κ3) is 7.71. The minimum Gasteiger partial charge on any atom is -0.489 e. The van der Waals surface area contributed by atoms with Crippen molar-refractivity contribution in [3.05, 3.63) is 131 Å². The van der Waals surface area contributed by atoms with Crippen molar-refractivity contribution < 1.29 is 23.8 Å². The molecule has 1 atom stereocenters. The summed E-state index contributed by atoms with van der Waals surface area (Å²) < 4.78 is 16.6. The molecule has 0 radical (unpaired) electrons. The first-order valence-electron chi connectivity index (χ1n) is 12.4. The Hall–Kier alpha value is -4.58. The Labute approximate surface area is 223 Å². The van der Waals surface area contributed by atoms with Crippen LogP contribution in [0.5, 0.6) is 11.5 Å². The second-order valence-electron chi connectivity index (χ2n) is 8.97. The SMILES string of the molecule is COC(=O)[C@H](Cc1ccc(OCc2ccccc2)cc1)NC(=O)c1ccc(OCc2cccc(C)c2)cc1. The Balaban J connectivity index is 1.32. The number of ether oxygens (including phenoxy) is 3. The standard InChI is InChI=1S/C32H31NO5/c1-23-7-6-10-26(19-23)22-38-29-17-13-27(14-18-29)31(34)33-30(32(35)36-2)20-24-11-15-28(16-12-24)37-21-25-8-4-3-5-9-25/h3-19,30H,20-22H2,1-2H3,(H,33,34)/t30-/m0/s1. The summed E-state index contributed by atoms with van der Waals surface area (Å²) in [4.78, 5) is 25.3. The zero-order valence-electron chi connectivity index (χ0n) is 21.6. The van der Waals surface area contributed by atoms with Gasteiger partial charge in [0.25, 0.3) is 5.91 Å². The van der Waals surface area contributed by atoms with Gasteiger partial charge in [0.15, 0.2) is 0 Å². The lowest BCUT2D eigenvalue weighted by Gasteiger charge is -2.17. The van der Waals surface area contributed by atoms with E-state index in [1.165, 1.54) is 12.7 Å². The van der Waals surface area contributed by atoms with Crippen LogP contribution in [0.15, 0.2) is 103 Å². The average molecular weight is 510 g/mol. The van der Waals surface area contributed by atoms with Gasteiger partial charge in [0.2, 0.25) is 0 Å². The lowest BCUT2D eigenvalue weighted by Crippen LogP contribution is -2.43. The fourth-order valence-electron chi connectivity index (χ4n) is 3.95. The number of amides is 1. The van der Waals surface area contributed by atoms with Crippen molar-refractivity contribution in [1.82, 2.24) is 5.32 Å². The Morgan fingerprint density at radius 3 is 1.95 bits per heavy atom. The molecule has 0 aliphatic carbocycles. The molecular weight excluding hydrogens is 478 g/mol. The molecule has 0 fully saturated rings. The molecule has 6 heteroatoms. The van der Waals surface area contributed by atoms with Crippen LogP contribution in [0.2, 0.25) is 0 Å². The van der Waals surface area contributed by atoms with Gasteiger partial charge in [0.1, 0.15) is 30.8 Å². The number of hydrogen-bond donors (Lipinski definition) is 1. The number of aryl methyl sites for hydroxylation is 1. The van der Waals surface area contributed by atoms with E-state index in [0.717, 1.165) is 22.4 Å². The molecule has 38 heavy (non-hydrogen) atoms. The van der Waals surface area contributed by atoms with Crippen LogP contribution in [0.4, 0.5) is 0 Å². The van der Waals surface area contributed by atoms with Gasteiger partial charge in [-0.15, -0.1) is 0 Å². The summed E-state index contributed by atoms with van der Waals surface area (Å²) in [5, 5.41) is 2.79. The summed E-state index contributed by atoms with van der Waals surface area (Å²) in [6.07, 6.45) is 0.287. The van der Waals surface area contributed by atoms with Crippen LogP contribution < -0.4 is 14.8 Å². The molecule has 0 spiro atoms. The molecule has 6 nitrogen and oxygen atoms in total. The van der Waals surface area contributed by atoms with Crippen molar-refractivity contribution in [1.29, 1.82) is 0 Å². The third-order valence-corrected chi connectivity index (χ3v) is 6.01. The first-order chi connectivity index (χ1) is 18.5. The van der Waals surface area contributed by atoms with E-state index in [0.29, 0.717) is 24.5 Å². The molecule has 4 rings (SSSR count). The Morgan fingerprint density at radius 2 is 1.32 bits per heavy atom. The second-order valence-corrected chi connectivity index (χ2v) is 8.97. The van der Waals surface area contributed by atoms with Gasteiger partial charge in [-0.1, -0.05) is 72.3 Å². The van der Waals surface area contributed by atoms with E-state index in [9.17, 15) is 9.59 Å². The molecule has 0 aliphatic rings. The Bertz CT molecular complexity index is 1330. The summed E-state index contributed by atoms with van der Waals surface area (Å²) >= 11 is 0. The van der Waals surface area contributed by atoms with E-state index in [1.807, 2.05) is 79.7 Å². The molecule has 4 aromatic rings. The van der Waals surface area contributed by atoms with E-state index in [4.69, 9.17) is 14.2 Å². The normalized spacial score (nSPS) is 11.3. The Morgan fingerprint density at radius 1 is 0.711 bits per heavy atom. The number of carbonyl (C=O) groups is 2. The first kappa shape index (κ1) is 26.5. The van der Waals surface area contributed by atoms with Crippen molar-refractivity contribution >= 4 is 11.9 Å². The number of carbonyl (C=O) groups excluding carboxylic acids is 2. The molecule has 0 saturated heterocycles. The number of methoxy groups -OCH3 is 1. The minimum atomic E-state index is -0.833. The maximum atomic E-state index is 12.9. The summed E-state index contributed by atoms with van der Waals surface area (Å²) in [6.45, 7) is 2.94. The maximum Gasteiger partial charge on any atom is 0.328 e. The highest BCUT2D eigenvalue weighted by molar-refractivity contribution is 5.96. The molecule has 194 valence electrons. The van der Waals surface area contributed by atoms with E-state index < -0.39 is 12.0 Å². The van der Waals surface area contributed by atoms with Crippen LogP contribution in [-0.2, 0) is 29.2 Å². The quantitative estimate of drug-likeness (QED) is 0.264. The highest BCUT2D eigenvalue weighted by Gasteiger charge is 2.22. The largest absolute Gasteiger partial charge is 0.489 e. The number of esters is 1. The summed E-state index contributed by atoms with van der Waals surface area (Å²) in [5.74, 6) is 0.498. The highest BCUT2D eigenvalue weighted by atomic mass is 16.5. The predicted octanol–water partition coefficient (Wildman–Crippen LogP) is 5.67. The average Bonchev–Trinajstić information content (AvgIpc) is 2.95. The predicted molar refractivity (Wildman–Crippen MR) is 146 cm³/mol. The van der Waals surface area contributed by atoms with Crippen molar-refractivity contribution in [2.75, 3.05) is 7.11 Å². The fraction of sp³-hybridized carbons (Fsp3) is 0.188. The van der Waals surface area contributed by atoms with Crippen LogP contribution in [0.25, 0.3) is 0 Å². The first-order valence-corrected chi connectivity index (χ1v) is 12.4. The molecule has 4 aromatic carbocycles. The fourth-order valence-corrected chi connectivity index (χ4v) is 3.95. The lowest BCUT2D eigenvalue weighted by molar-refractivity contribution is -0.142. The summed E-state index contributed by atoms with van der Waals surface area (Å²) in [6, 6.07) is 31.5. The van der Waals surface area contributed by atoms with E-state index in [-0.39, 0.29) is 12.3 Å². The number of benzene rings is 4. The molecule has 0 saturated carbocycles. The van der Waals surface area contributed by atoms with Gasteiger partial charge in [-0.2, -0.15) is 0 Å². The third-order valence-electron chi connectivity index (χ3n) is 6.01. The number of hydrogen-bond acceptors (Lipinski definition) is 5. The molecule has 0 aliphatic heterocycles. The number of rotatable bonds is 11. The molecule has 0 aromatic heterocycles. The van der Waals surface area contributed by atoms with Crippen molar-refractivity contribution in [3.8, 4) is 11.5 Å². The molecule has 1 N–H and O–H groups in total. The zero-order chi connectivity index (χ0) is 26.7. The van der Waals surface area contributed by atoms with Crippen LogP contribution >= 0.6 is 0 Å². The number of nitrogens with one attached hydrogen (secondary N) is 1. The lowest BCUT2D eigenvalue weighted by atomic mass is 10.0. The monoisotopic (exact) mass is 509 g/mol. The van der Waals surface area contributed by atoms with Crippen molar-refractivity contribution in [2.45, 2.75) is 32.6 Å². The summed E-state index contributed by atoms with van der Waals surface area (Å²) in [7, 11) is 1.31. The van der Waals surface area contributed by atoms with Gasteiger partial charge in [0, 0.05) is 12.0 Å². The maximum absolute atomic E-state index is 12.9. The zero-order valence-corrected chi connectivity index (χ0v) is 21.6. The van der Waals surface area contributed by atoms with Crippen LogP contribution in [0.1, 0.15) is 32.6 Å². The highest BCUT2D eigenvalue weighted by Crippen LogP contribution is 2.17. The van der Waals surface area contributed by atoms with Crippen LogP contribution in [-0.4, -0.2) is 25.0 Å². The topological polar surface area (TPSA) is 73.9 Å². The minimum absolute atomic E-state index is 0.287. The van der Waals surface area contributed by atoms with Crippen molar-refractivity contribution in [2.24, 2.45) is 0 Å². The van der Waals surface area contributed by atoms with E-state index in [2.05, 4.69) is 11.4 Å². The second kappa shape index (κ2) is 13.1. The molecular formula is C32H31NO5. The van der Waals surface area contributed by atoms with Gasteiger partial charge >= 0.3 is 5.97 Å². The van der Waals surface area contributed by atoms with Crippen LogP contribution in [0, 0.1) is 6.92 Å². The van der Waals surface area contributed by atoms with Crippen molar-refractivity contribution in [3.63, 3.8) is 0 Å². The Kier molecular flexibility index (Phi) is 9.13. The van der Waals surface area contributed by atoms with Gasteiger partial charge in [-0.05, 0) is 60.0 Å². The molecule has 1 amide bonds. The van der Waals surface area contributed by atoms with E-state index in [1.54, 1.807) is 24.3 Å². The van der Waals surface area contributed by atoms with Gasteiger partial charge in [-0.25, -0.2) is 4.79 Å². The molecule has 0 bridgehead atoms. The van der Waals surface area contributed by atoms with Crippen LogP contribution in [0.3, 0.4) is 0 Å². The van der Waals surface area contributed by atoms with Gasteiger partial charge in [-0.3, -0.25) is 4.79 Å². The van der Waals surface area contributed by atoms with E-state index >= 15 is 0 Å². The molecule has 0 unspecified atom stereocenters. The van der Waals surface area contributed by atoms with Gasteiger partial charge < -0.3 is 19.5 Å².